The summed E-state index contributed by atoms with van der Waals surface area (Å²) in [5.41, 5.74) is 0.843. The predicted octanol–water partition coefficient (Wildman–Crippen LogP) is 10.6. The summed E-state index contributed by atoms with van der Waals surface area (Å²) in [4.78, 5) is 11.1. The Bertz CT molecular complexity index is 407. The van der Waals surface area contributed by atoms with Gasteiger partial charge in [-0.05, 0) is 32.1 Å². The van der Waals surface area contributed by atoms with E-state index in [1.54, 1.807) is 0 Å². The van der Waals surface area contributed by atoms with Crippen molar-refractivity contribution < 1.29 is 4.79 Å². The van der Waals surface area contributed by atoms with E-state index in [-0.39, 0.29) is 0 Å². The third-order valence-electron chi connectivity index (χ3n) is 6.31. The largest absolute Gasteiger partial charge is 0.285 e. The maximum atomic E-state index is 11.1. The lowest BCUT2D eigenvalue weighted by atomic mass is 10.0. The second kappa shape index (κ2) is 27.2. The lowest BCUT2D eigenvalue weighted by Crippen LogP contribution is -1.85. The Morgan fingerprint density at radius 3 is 1.32 bits per heavy atom. The summed E-state index contributed by atoms with van der Waals surface area (Å²) in [6.07, 6.45) is 39.1. The highest BCUT2D eigenvalue weighted by Gasteiger charge is 1.96. The molecular formula is C30H55O. The van der Waals surface area contributed by atoms with Crippen LogP contribution in [0.3, 0.4) is 0 Å². The minimum Gasteiger partial charge on any atom is -0.285 e. The molecule has 31 heavy (non-hydrogen) atoms. The van der Waals surface area contributed by atoms with Crippen LogP contribution < -0.4 is 0 Å². The van der Waals surface area contributed by atoms with Crippen molar-refractivity contribution in [2.45, 2.75) is 162 Å². The summed E-state index contributed by atoms with van der Waals surface area (Å²) in [6.45, 7) is 4.56. The molecule has 0 saturated heterocycles. The first-order chi connectivity index (χ1) is 15.3. The molecule has 0 N–H and O–H groups in total. The molecule has 0 saturated carbocycles. The summed E-state index contributed by atoms with van der Waals surface area (Å²) in [5.74, 6) is 0. The zero-order valence-corrected chi connectivity index (χ0v) is 21.4. The zero-order chi connectivity index (χ0) is 22.7. The van der Waals surface area contributed by atoms with Crippen molar-refractivity contribution in [2.24, 2.45) is 0 Å². The van der Waals surface area contributed by atoms with Gasteiger partial charge < -0.3 is 0 Å². The van der Waals surface area contributed by atoms with E-state index in [9.17, 15) is 4.79 Å². The van der Waals surface area contributed by atoms with Gasteiger partial charge in [-0.25, -0.2) is 0 Å². The Hall–Kier alpha value is -0.850. The monoisotopic (exact) mass is 431 g/mol. The van der Waals surface area contributed by atoms with E-state index in [4.69, 9.17) is 0 Å². The molecule has 1 heteroatoms. The number of hydrogen-bond donors (Lipinski definition) is 0. The van der Waals surface area contributed by atoms with Crippen LogP contribution in [0.15, 0.2) is 23.8 Å². The van der Waals surface area contributed by atoms with Crippen LogP contribution in [-0.2, 0) is 4.79 Å². The van der Waals surface area contributed by atoms with Gasteiger partial charge in [0.15, 0.2) is 0 Å². The molecule has 1 radical (unpaired) electrons. The molecule has 0 heterocycles. The number of unbranched alkanes of at least 4 members (excludes halogenated alkanes) is 20. The maximum absolute atomic E-state index is 11.1. The molecule has 0 aromatic rings. The van der Waals surface area contributed by atoms with E-state index in [0.717, 1.165) is 24.8 Å². The molecule has 0 bridgehead atoms. The van der Waals surface area contributed by atoms with Gasteiger partial charge in [0.2, 0.25) is 6.29 Å². The van der Waals surface area contributed by atoms with Crippen molar-refractivity contribution in [1.29, 1.82) is 0 Å². The first kappa shape index (κ1) is 30.1. The molecule has 0 aliphatic heterocycles. The summed E-state index contributed by atoms with van der Waals surface area (Å²) in [5, 5.41) is 0. The molecule has 0 aromatic carbocycles. The van der Waals surface area contributed by atoms with E-state index < -0.39 is 0 Å². The standard InChI is InChI=1S/C30H55O/c1-3-5-7-9-11-13-15-17-19-21-23-25-27-30(29-31)28-26-24-22-20-18-16-14-12-10-8-6-4-2/h23,25,28H,3-22,24,26-27H2,1-2H3. The molecule has 0 aromatic heterocycles. The molecule has 0 spiro atoms. The van der Waals surface area contributed by atoms with Gasteiger partial charge in [-0.1, -0.05) is 148 Å². The van der Waals surface area contributed by atoms with Gasteiger partial charge in [0.05, 0.1) is 0 Å². The van der Waals surface area contributed by atoms with Crippen molar-refractivity contribution in [3.05, 3.63) is 23.8 Å². The van der Waals surface area contributed by atoms with E-state index in [1.165, 1.54) is 128 Å². The van der Waals surface area contributed by atoms with Crippen LogP contribution in [0.1, 0.15) is 162 Å². The van der Waals surface area contributed by atoms with Crippen molar-refractivity contribution in [1.82, 2.24) is 0 Å². The summed E-state index contributed by atoms with van der Waals surface area (Å²) in [6, 6.07) is 0. The fourth-order valence-corrected chi connectivity index (χ4v) is 4.15. The lowest BCUT2D eigenvalue weighted by molar-refractivity contribution is 0.550. The summed E-state index contributed by atoms with van der Waals surface area (Å²) < 4.78 is 0. The highest BCUT2D eigenvalue weighted by atomic mass is 16.1. The van der Waals surface area contributed by atoms with E-state index >= 15 is 0 Å². The Morgan fingerprint density at radius 2 is 0.903 bits per heavy atom. The van der Waals surface area contributed by atoms with Gasteiger partial charge in [-0.3, -0.25) is 4.79 Å². The minimum absolute atomic E-state index is 0.763. The first-order valence-electron chi connectivity index (χ1n) is 14.1. The molecule has 0 rings (SSSR count). The third kappa shape index (κ3) is 25.3. The van der Waals surface area contributed by atoms with Crippen molar-refractivity contribution in [2.75, 3.05) is 0 Å². The number of carbonyl (C=O) groups excluding carboxylic acids is 1. The molecule has 0 aliphatic rings. The van der Waals surface area contributed by atoms with Gasteiger partial charge in [-0.2, -0.15) is 0 Å². The van der Waals surface area contributed by atoms with Crippen LogP contribution in [0.4, 0.5) is 0 Å². The van der Waals surface area contributed by atoms with Crippen LogP contribution in [0.25, 0.3) is 0 Å². The van der Waals surface area contributed by atoms with Crippen molar-refractivity contribution >= 4 is 6.29 Å². The van der Waals surface area contributed by atoms with Crippen LogP contribution >= 0.6 is 0 Å². The third-order valence-corrected chi connectivity index (χ3v) is 6.31. The van der Waals surface area contributed by atoms with Gasteiger partial charge in [-0.15, -0.1) is 0 Å². The topological polar surface area (TPSA) is 17.1 Å². The Kier molecular flexibility index (Phi) is 26.4. The normalized spacial score (nSPS) is 12.1. The Morgan fingerprint density at radius 1 is 0.516 bits per heavy atom. The maximum Gasteiger partial charge on any atom is 0.229 e. The SMILES string of the molecule is CCCCCCCCCCCC=CCC([C]=O)=CCCCCCCCCCCCCC. The molecule has 1 nitrogen and oxygen atoms in total. The van der Waals surface area contributed by atoms with Crippen molar-refractivity contribution in [3.8, 4) is 0 Å². The zero-order valence-electron chi connectivity index (χ0n) is 21.4. The van der Waals surface area contributed by atoms with Crippen LogP contribution in [0.2, 0.25) is 0 Å². The fourth-order valence-electron chi connectivity index (χ4n) is 4.15. The summed E-state index contributed by atoms with van der Waals surface area (Å²) >= 11 is 0. The molecule has 0 unspecified atom stereocenters. The fraction of sp³-hybridized carbons (Fsp3) is 0.833. The highest BCUT2D eigenvalue weighted by molar-refractivity contribution is 5.74. The quantitative estimate of drug-likeness (QED) is 0.0797. The first-order valence-corrected chi connectivity index (χ1v) is 14.1. The number of rotatable bonds is 25. The average molecular weight is 432 g/mol. The van der Waals surface area contributed by atoms with E-state index in [0.29, 0.717) is 0 Å². The van der Waals surface area contributed by atoms with Crippen molar-refractivity contribution in [3.63, 3.8) is 0 Å². The Balaban J connectivity index is 3.47. The molecule has 0 fully saturated rings. The van der Waals surface area contributed by atoms with Gasteiger partial charge in [0.1, 0.15) is 0 Å². The smallest absolute Gasteiger partial charge is 0.229 e. The second-order valence-corrected chi connectivity index (χ2v) is 9.45. The molecule has 0 amide bonds. The van der Waals surface area contributed by atoms with Gasteiger partial charge in [0, 0.05) is 5.57 Å². The number of hydrogen-bond acceptors (Lipinski definition) is 1. The van der Waals surface area contributed by atoms with E-state index in [2.05, 4.69) is 38.4 Å². The van der Waals surface area contributed by atoms with Gasteiger partial charge >= 0.3 is 0 Å². The number of allylic oxidation sites excluding steroid dienone is 4. The molecule has 181 valence electrons. The molecular weight excluding hydrogens is 376 g/mol. The minimum atomic E-state index is 0.763. The predicted molar refractivity (Wildman–Crippen MR) is 140 cm³/mol. The van der Waals surface area contributed by atoms with Gasteiger partial charge in [0.25, 0.3) is 0 Å². The average Bonchev–Trinajstić information content (AvgIpc) is 2.79. The Labute approximate surface area is 196 Å². The van der Waals surface area contributed by atoms with E-state index in [1.807, 2.05) is 0 Å². The molecule has 0 atom stereocenters. The second-order valence-electron chi connectivity index (χ2n) is 9.45. The van der Waals surface area contributed by atoms with Crippen LogP contribution in [0, 0.1) is 0 Å². The highest BCUT2D eigenvalue weighted by Crippen LogP contribution is 2.13. The summed E-state index contributed by atoms with van der Waals surface area (Å²) in [7, 11) is 0. The molecule has 0 aliphatic carbocycles. The lowest BCUT2D eigenvalue weighted by Gasteiger charge is -2.02. The van der Waals surface area contributed by atoms with Crippen LogP contribution in [0.5, 0.6) is 0 Å². The van der Waals surface area contributed by atoms with Crippen LogP contribution in [-0.4, -0.2) is 6.29 Å².